The molecule has 0 amide bonds. The Balaban J connectivity index is 1.86. The van der Waals surface area contributed by atoms with Gasteiger partial charge in [0, 0.05) is 12.8 Å². The van der Waals surface area contributed by atoms with Crippen LogP contribution >= 0.6 is 0 Å². The molecule has 5 atom stereocenters. The third kappa shape index (κ3) is 2.70. The van der Waals surface area contributed by atoms with Crippen molar-refractivity contribution in [1.82, 2.24) is 0 Å². The number of hydrogen-bond donors (Lipinski definition) is 0. The lowest BCUT2D eigenvalue weighted by Crippen LogP contribution is -2.42. The highest BCUT2D eigenvalue weighted by molar-refractivity contribution is 5.69. The van der Waals surface area contributed by atoms with Gasteiger partial charge in [-0.2, -0.15) is 0 Å². The van der Waals surface area contributed by atoms with E-state index < -0.39 is 0 Å². The molecule has 1 aliphatic heterocycles. The van der Waals surface area contributed by atoms with E-state index in [1.807, 2.05) is 24.3 Å². The fraction of sp³-hybridized carbons (Fsp3) is 0.526. The van der Waals surface area contributed by atoms with Crippen molar-refractivity contribution in [2.45, 2.75) is 33.8 Å². The van der Waals surface area contributed by atoms with Crippen molar-refractivity contribution in [3.63, 3.8) is 0 Å². The molecular formula is C19H24O3. The Hall–Kier alpha value is -1.61. The van der Waals surface area contributed by atoms with Crippen LogP contribution in [0.1, 0.15) is 39.4 Å². The van der Waals surface area contributed by atoms with Gasteiger partial charge >= 0.3 is 5.97 Å². The fourth-order valence-electron chi connectivity index (χ4n) is 4.14. The van der Waals surface area contributed by atoms with E-state index in [9.17, 15) is 4.79 Å². The van der Waals surface area contributed by atoms with Gasteiger partial charge < -0.3 is 9.47 Å². The Morgan fingerprint density at radius 1 is 1.23 bits per heavy atom. The van der Waals surface area contributed by atoms with E-state index in [2.05, 4.69) is 26.8 Å². The van der Waals surface area contributed by atoms with Crippen LogP contribution in [0.15, 0.2) is 35.9 Å². The fourth-order valence-corrected chi connectivity index (χ4v) is 4.14. The zero-order chi connectivity index (χ0) is 15.9. The number of esters is 1. The Kier molecular flexibility index (Phi) is 4.09. The first kappa shape index (κ1) is 15.3. The van der Waals surface area contributed by atoms with Crippen LogP contribution < -0.4 is 4.74 Å². The smallest absolute Gasteiger partial charge is 0.308 e. The Morgan fingerprint density at radius 2 is 1.91 bits per heavy atom. The van der Waals surface area contributed by atoms with Crippen LogP contribution in [-0.2, 0) is 9.53 Å². The molecule has 1 aromatic rings. The van der Waals surface area contributed by atoms with Gasteiger partial charge in [0.1, 0.15) is 5.75 Å². The summed E-state index contributed by atoms with van der Waals surface area (Å²) in [4.78, 5) is 11.0. The van der Waals surface area contributed by atoms with Crippen LogP contribution in [-0.4, -0.2) is 12.6 Å². The van der Waals surface area contributed by atoms with E-state index in [1.54, 1.807) is 0 Å². The molecule has 0 aromatic heterocycles. The highest BCUT2D eigenvalue weighted by Crippen LogP contribution is 2.49. The molecule has 1 fully saturated rings. The van der Waals surface area contributed by atoms with Crippen LogP contribution in [0.4, 0.5) is 0 Å². The zero-order valence-corrected chi connectivity index (χ0v) is 13.7. The quantitative estimate of drug-likeness (QED) is 0.467. The summed E-state index contributed by atoms with van der Waals surface area (Å²) in [6.45, 7) is 9.10. The average molecular weight is 300 g/mol. The predicted molar refractivity (Wildman–Crippen MR) is 85.5 cm³/mol. The van der Waals surface area contributed by atoms with Crippen LogP contribution in [0.2, 0.25) is 0 Å². The highest BCUT2D eigenvalue weighted by Gasteiger charge is 2.43. The number of hydrogen-bond acceptors (Lipinski definition) is 3. The summed E-state index contributed by atoms with van der Waals surface area (Å²) in [5.74, 6) is 2.57. The summed E-state index contributed by atoms with van der Waals surface area (Å²) >= 11 is 0. The minimum atomic E-state index is -0.293. The molecule has 3 nitrogen and oxygen atoms in total. The molecule has 3 heteroatoms. The number of allylic oxidation sites excluding steroid dienone is 1. The second kappa shape index (κ2) is 5.88. The van der Waals surface area contributed by atoms with Crippen molar-refractivity contribution in [3.8, 4) is 5.75 Å². The molecule has 1 aromatic carbocycles. The van der Waals surface area contributed by atoms with Crippen LogP contribution in [0, 0.1) is 23.7 Å². The summed E-state index contributed by atoms with van der Waals surface area (Å²) in [6.07, 6.45) is 2.51. The lowest BCUT2D eigenvalue weighted by Gasteiger charge is -2.47. The molecule has 0 unspecified atom stereocenters. The topological polar surface area (TPSA) is 35.5 Å². The van der Waals surface area contributed by atoms with Gasteiger partial charge in [-0.25, -0.2) is 0 Å². The Labute approximate surface area is 132 Å². The summed E-state index contributed by atoms with van der Waals surface area (Å²) < 4.78 is 11.3. The molecule has 0 N–H and O–H groups in total. The first-order valence-corrected chi connectivity index (χ1v) is 8.05. The molecule has 0 spiro atoms. The molecule has 1 aliphatic carbocycles. The lowest BCUT2D eigenvalue weighted by molar-refractivity contribution is -0.131. The largest absolute Gasteiger partial charge is 0.427 e. The second-order valence-electron chi connectivity index (χ2n) is 6.74. The molecule has 2 aliphatic rings. The molecule has 0 saturated carbocycles. The van der Waals surface area contributed by atoms with Crippen molar-refractivity contribution in [3.05, 3.63) is 41.5 Å². The van der Waals surface area contributed by atoms with E-state index in [0.29, 0.717) is 29.4 Å². The van der Waals surface area contributed by atoms with Crippen molar-refractivity contribution in [2.75, 3.05) is 6.61 Å². The molecule has 22 heavy (non-hydrogen) atoms. The normalized spacial score (nSPS) is 34.0. The highest BCUT2D eigenvalue weighted by atomic mass is 16.5. The minimum absolute atomic E-state index is 0.0985. The molecule has 0 radical (unpaired) electrons. The SMILES string of the molecule is CC(=O)Oc1ccc([C@H]2OC[C@H]3[C@@H](C)[C@H]2C(C)=C[C@H]3C)cc1. The maximum atomic E-state index is 11.0. The molecular weight excluding hydrogens is 276 g/mol. The van der Waals surface area contributed by atoms with E-state index in [1.165, 1.54) is 12.5 Å². The van der Waals surface area contributed by atoms with Crippen LogP contribution in [0.5, 0.6) is 5.75 Å². The lowest BCUT2D eigenvalue weighted by atomic mass is 9.64. The van der Waals surface area contributed by atoms with Gasteiger partial charge in [-0.15, -0.1) is 0 Å². The molecule has 2 bridgehead atoms. The molecule has 1 heterocycles. The number of ether oxygens (including phenoxy) is 2. The van der Waals surface area contributed by atoms with Gasteiger partial charge in [0.15, 0.2) is 0 Å². The summed E-state index contributed by atoms with van der Waals surface area (Å²) in [5, 5.41) is 0. The van der Waals surface area contributed by atoms with Crippen molar-refractivity contribution >= 4 is 5.97 Å². The van der Waals surface area contributed by atoms with Crippen molar-refractivity contribution < 1.29 is 14.3 Å². The molecule has 1 saturated heterocycles. The molecule has 3 rings (SSSR count). The summed E-state index contributed by atoms with van der Waals surface area (Å²) in [6, 6.07) is 7.73. The van der Waals surface area contributed by atoms with Crippen molar-refractivity contribution in [2.24, 2.45) is 23.7 Å². The van der Waals surface area contributed by atoms with E-state index >= 15 is 0 Å². The number of carbonyl (C=O) groups is 1. The van der Waals surface area contributed by atoms with Crippen molar-refractivity contribution in [1.29, 1.82) is 0 Å². The maximum Gasteiger partial charge on any atom is 0.308 e. The average Bonchev–Trinajstić information content (AvgIpc) is 2.45. The Bertz CT molecular complexity index is 587. The van der Waals surface area contributed by atoms with E-state index in [-0.39, 0.29) is 12.1 Å². The number of fused-ring (bicyclic) bond motifs is 2. The van der Waals surface area contributed by atoms with Gasteiger partial charge in [-0.1, -0.05) is 37.6 Å². The monoisotopic (exact) mass is 300 g/mol. The van der Waals surface area contributed by atoms with E-state index in [0.717, 1.165) is 12.2 Å². The predicted octanol–water partition coefficient (Wildman–Crippen LogP) is 4.15. The third-order valence-corrected chi connectivity index (χ3v) is 5.23. The summed E-state index contributed by atoms with van der Waals surface area (Å²) in [7, 11) is 0. The van der Waals surface area contributed by atoms with Gasteiger partial charge in [-0.3, -0.25) is 4.79 Å². The number of carbonyl (C=O) groups excluding carboxylic acids is 1. The van der Waals surface area contributed by atoms with Gasteiger partial charge in [-0.05, 0) is 42.4 Å². The van der Waals surface area contributed by atoms with E-state index in [4.69, 9.17) is 9.47 Å². The third-order valence-electron chi connectivity index (χ3n) is 5.23. The standard InChI is InChI=1S/C19H24O3/c1-11-9-12(2)18-13(3)17(11)10-21-19(18)15-5-7-16(8-6-15)22-14(4)20/h5-9,11,13,17-19H,10H2,1-4H3/t11-,13-,17-,18-,19-/m1/s1. The second-order valence-corrected chi connectivity index (χ2v) is 6.74. The first-order chi connectivity index (χ1) is 10.5. The maximum absolute atomic E-state index is 11.0. The van der Waals surface area contributed by atoms with Gasteiger partial charge in [0.2, 0.25) is 0 Å². The number of rotatable bonds is 2. The molecule has 118 valence electrons. The van der Waals surface area contributed by atoms with Crippen LogP contribution in [0.3, 0.4) is 0 Å². The van der Waals surface area contributed by atoms with Gasteiger partial charge in [0.25, 0.3) is 0 Å². The minimum Gasteiger partial charge on any atom is -0.427 e. The summed E-state index contributed by atoms with van der Waals surface area (Å²) in [5.41, 5.74) is 2.60. The van der Waals surface area contributed by atoms with Crippen LogP contribution in [0.25, 0.3) is 0 Å². The number of benzene rings is 1. The zero-order valence-electron chi connectivity index (χ0n) is 13.7. The first-order valence-electron chi connectivity index (χ1n) is 8.05. The van der Waals surface area contributed by atoms with Gasteiger partial charge in [0.05, 0.1) is 12.7 Å². The Morgan fingerprint density at radius 3 is 2.55 bits per heavy atom.